The van der Waals surface area contributed by atoms with E-state index in [2.05, 4.69) is 0 Å². The van der Waals surface area contributed by atoms with Gasteiger partial charge in [-0.05, 0) is 48.2 Å². The third kappa shape index (κ3) is 4.90. The van der Waals surface area contributed by atoms with Gasteiger partial charge >= 0.3 is 0 Å². The van der Waals surface area contributed by atoms with Crippen molar-refractivity contribution in [1.29, 1.82) is 0 Å². The first-order valence-electron chi connectivity index (χ1n) is 10.5. The molecule has 3 rings (SSSR count). The Morgan fingerprint density at radius 1 is 1.06 bits per heavy atom. The molecule has 1 aliphatic rings. The number of hydrogen-bond donors (Lipinski definition) is 1. The quantitative estimate of drug-likeness (QED) is 0.638. The van der Waals surface area contributed by atoms with E-state index in [9.17, 15) is 14.7 Å². The molecule has 0 saturated carbocycles. The molecule has 1 aliphatic heterocycles. The SMILES string of the molecule is CCOc1ccc(CN2C(=O)C(O)=C(C(=O)CC(C)C)C2c2ccc(OC)cc2)cc1. The highest BCUT2D eigenvalue weighted by Crippen LogP contribution is 2.40. The van der Waals surface area contributed by atoms with E-state index in [4.69, 9.17) is 9.47 Å². The first-order chi connectivity index (χ1) is 14.8. The zero-order chi connectivity index (χ0) is 22.5. The van der Waals surface area contributed by atoms with Gasteiger partial charge in [-0.2, -0.15) is 0 Å². The molecule has 1 heterocycles. The topological polar surface area (TPSA) is 76.1 Å². The Kier molecular flexibility index (Phi) is 7.00. The van der Waals surface area contributed by atoms with Gasteiger partial charge < -0.3 is 19.5 Å². The zero-order valence-electron chi connectivity index (χ0n) is 18.4. The second kappa shape index (κ2) is 9.69. The maximum absolute atomic E-state index is 13.0. The number of aliphatic hydroxyl groups is 1. The fraction of sp³-hybridized carbons (Fsp3) is 0.360. The summed E-state index contributed by atoms with van der Waals surface area (Å²) in [6, 6.07) is 14.0. The summed E-state index contributed by atoms with van der Waals surface area (Å²) in [5, 5.41) is 10.7. The van der Waals surface area contributed by atoms with E-state index in [1.54, 1.807) is 24.1 Å². The minimum atomic E-state index is -0.656. The molecular weight excluding hydrogens is 394 g/mol. The molecule has 6 heteroatoms. The number of nitrogens with zero attached hydrogens (tertiary/aromatic N) is 1. The summed E-state index contributed by atoms with van der Waals surface area (Å²) in [5.74, 6) is 0.323. The van der Waals surface area contributed by atoms with Crippen LogP contribution in [0.1, 0.15) is 44.4 Å². The van der Waals surface area contributed by atoms with E-state index in [1.807, 2.05) is 57.2 Å². The Morgan fingerprint density at radius 3 is 2.23 bits per heavy atom. The van der Waals surface area contributed by atoms with E-state index in [0.717, 1.165) is 16.9 Å². The van der Waals surface area contributed by atoms with Crippen molar-refractivity contribution in [2.45, 2.75) is 39.8 Å². The highest BCUT2D eigenvalue weighted by atomic mass is 16.5. The lowest BCUT2D eigenvalue weighted by Gasteiger charge is -2.27. The van der Waals surface area contributed by atoms with Gasteiger partial charge in [0.1, 0.15) is 11.5 Å². The summed E-state index contributed by atoms with van der Waals surface area (Å²) in [4.78, 5) is 27.5. The lowest BCUT2D eigenvalue weighted by atomic mass is 9.92. The van der Waals surface area contributed by atoms with Crippen LogP contribution in [0, 0.1) is 5.92 Å². The van der Waals surface area contributed by atoms with Gasteiger partial charge in [-0.15, -0.1) is 0 Å². The van der Waals surface area contributed by atoms with Gasteiger partial charge in [0.25, 0.3) is 5.91 Å². The van der Waals surface area contributed by atoms with Crippen LogP contribution in [-0.2, 0) is 16.1 Å². The number of Topliss-reactive ketones (excluding diaryl/α,β-unsaturated/α-hetero) is 1. The molecule has 164 valence electrons. The van der Waals surface area contributed by atoms with Gasteiger partial charge in [-0.3, -0.25) is 9.59 Å². The molecule has 1 N–H and O–H groups in total. The Hall–Kier alpha value is -3.28. The van der Waals surface area contributed by atoms with Crippen molar-refractivity contribution in [2.24, 2.45) is 5.92 Å². The van der Waals surface area contributed by atoms with Crippen molar-refractivity contribution in [1.82, 2.24) is 4.90 Å². The average molecular weight is 424 g/mol. The highest BCUT2D eigenvalue weighted by molar-refractivity contribution is 6.09. The monoisotopic (exact) mass is 423 g/mol. The molecule has 1 amide bonds. The summed E-state index contributed by atoms with van der Waals surface area (Å²) in [7, 11) is 1.58. The molecule has 0 fully saturated rings. The molecule has 1 atom stereocenters. The molecular formula is C25H29NO5. The van der Waals surface area contributed by atoms with Crippen LogP contribution < -0.4 is 9.47 Å². The van der Waals surface area contributed by atoms with Gasteiger partial charge in [-0.25, -0.2) is 0 Å². The first-order valence-corrected chi connectivity index (χ1v) is 10.5. The zero-order valence-corrected chi connectivity index (χ0v) is 18.4. The molecule has 0 aliphatic carbocycles. The number of aliphatic hydroxyl groups excluding tert-OH is 1. The molecule has 6 nitrogen and oxygen atoms in total. The number of rotatable bonds is 9. The minimum Gasteiger partial charge on any atom is -0.503 e. The van der Waals surface area contributed by atoms with Crippen LogP contribution >= 0.6 is 0 Å². The van der Waals surface area contributed by atoms with Crippen molar-refractivity contribution < 1.29 is 24.2 Å². The number of hydrogen-bond acceptors (Lipinski definition) is 5. The maximum atomic E-state index is 13.0. The molecule has 0 radical (unpaired) electrons. The van der Waals surface area contributed by atoms with Crippen molar-refractivity contribution >= 4 is 11.7 Å². The molecule has 1 unspecified atom stereocenters. The Balaban J connectivity index is 1.97. The molecule has 0 saturated heterocycles. The lowest BCUT2D eigenvalue weighted by molar-refractivity contribution is -0.130. The summed E-state index contributed by atoms with van der Waals surface area (Å²) in [6.07, 6.45) is 0.260. The largest absolute Gasteiger partial charge is 0.503 e. The van der Waals surface area contributed by atoms with Crippen molar-refractivity contribution in [3.63, 3.8) is 0 Å². The number of benzene rings is 2. The van der Waals surface area contributed by atoms with Gasteiger partial charge in [0.05, 0.1) is 25.3 Å². The Morgan fingerprint density at radius 2 is 1.68 bits per heavy atom. The van der Waals surface area contributed by atoms with Gasteiger partial charge in [0.15, 0.2) is 11.5 Å². The fourth-order valence-corrected chi connectivity index (χ4v) is 3.77. The maximum Gasteiger partial charge on any atom is 0.290 e. The van der Waals surface area contributed by atoms with Crippen LogP contribution in [0.25, 0.3) is 0 Å². The third-order valence-electron chi connectivity index (χ3n) is 5.22. The number of carbonyl (C=O) groups is 2. The van der Waals surface area contributed by atoms with E-state index < -0.39 is 17.7 Å². The van der Waals surface area contributed by atoms with Crippen LogP contribution in [-0.4, -0.2) is 35.4 Å². The summed E-state index contributed by atoms with van der Waals surface area (Å²) >= 11 is 0. The van der Waals surface area contributed by atoms with Gasteiger partial charge in [0, 0.05) is 13.0 Å². The number of carbonyl (C=O) groups excluding carboxylic acids is 2. The standard InChI is InChI=1S/C25H29NO5/c1-5-31-20-10-6-17(7-11-20)15-26-23(18-8-12-19(30-4)13-9-18)22(24(28)25(26)29)21(27)14-16(2)3/h6-13,16,23,28H,5,14-15H2,1-4H3. The minimum absolute atomic E-state index is 0.111. The second-order valence-corrected chi connectivity index (χ2v) is 7.97. The average Bonchev–Trinajstić information content (AvgIpc) is 3.00. The third-order valence-corrected chi connectivity index (χ3v) is 5.22. The van der Waals surface area contributed by atoms with E-state index in [-0.39, 0.29) is 30.2 Å². The van der Waals surface area contributed by atoms with Crippen molar-refractivity contribution in [3.8, 4) is 11.5 Å². The summed E-state index contributed by atoms with van der Waals surface area (Å²) in [6.45, 7) is 6.62. The van der Waals surface area contributed by atoms with Crippen molar-refractivity contribution in [3.05, 3.63) is 71.0 Å². The Labute approximate surface area is 183 Å². The molecule has 2 aromatic rings. The Bertz CT molecular complexity index is 960. The van der Waals surface area contributed by atoms with Gasteiger partial charge in [0.2, 0.25) is 0 Å². The molecule has 31 heavy (non-hydrogen) atoms. The van der Waals surface area contributed by atoms with E-state index in [1.165, 1.54) is 0 Å². The van der Waals surface area contributed by atoms with Gasteiger partial charge in [-0.1, -0.05) is 38.1 Å². The van der Waals surface area contributed by atoms with E-state index >= 15 is 0 Å². The number of amides is 1. The van der Waals surface area contributed by atoms with E-state index in [0.29, 0.717) is 12.4 Å². The lowest BCUT2D eigenvalue weighted by Crippen LogP contribution is -2.30. The predicted molar refractivity (Wildman–Crippen MR) is 118 cm³/mol. The molecule has 0 aromatic heterocycles. The smallest absolute Gasteiger partial charge is 0.290 e. The van der Waals surface area contributed by atoms with Crippen LogP contribution in [0.5, 0.6) is 11.5 Å². The van der Waals surface area contributed by atoms with Crippen LogP contribution in [0.2, 0.25) is 0 Å². The summed E-state index contributed by atoms with van der Waals surface area (Å²) < 4.78 is 10.7. The highest BCUT2D eigenvalue weighted by Gasteiger charge is 2.43. The number of ketones is 1. The number of ether oxygens (including phenoxy) is 2. The fourth-order valence-electron chi connectivity index (χ4n) is 3.77. The number of methoxy groups -OCH3 is 1. The van der Waals surface area contributed by atoms with Crippen LogP contribution in [0.15, 0.2) is 59.9 Å². The first kappa shape index (κ1) is 22.4. The molecule has 0 bridgehead atoms. The van der Waals surface area contributed by atoms with Crippen LogP contribution in [0.4, 0.5) is 0 Å². The summed E-state index contributed by atoms with van der Waals surface area (Å²) in [5.41, 5.74) is 1.78. The second-order valence-electron chi connectivity index (χ2n) is 7.97. The molecule has 0 spiro atoms. The molecule has 2 aromatic carbocycles. The van der Waals surface area contributed by atoms with Crippen molar-refractivity contribution in [2.75, 3.05) is 13.7 Å². The normalized spacial score (nSPS) is 16.2. The predicted octanol–water partition coefficient (Wildman–Crippen LogP) is 4.60. The van der Waals surface area contributed by atoms with Crippen LogP contribution in [0.3, 0.4) is 0 Å².